The first-order valence-corrected chi connectivity index (χ1v) is 8.77. The zero-order valence-corrected chi connectivity index (χ0v) is 18.1. The highest BCUT2D eigenvalue weighted by molar-refractivity contribution is 14.0. The van der Waals surface area contributed by atoms with Crippen molar-refractivity contribution in [3.05, 3.63) is 29.8 Å². The number of benzene rings is 1. The second kappa shape index (κ2) is 10.3. The molecule has 2 atom stereocenters. The number of nitrogens with zero attached hydrogens (tertiary/aromatic N) is 1. The maximum atomic E-state index is 6.13. The molecule has 142 valence electrons. The molecule has 0 radical (unpaired) electrons. The summed E-state index contributed by atoms with van der Waals surface area (Å²) in [7, 11) is 1.68. The summed E-state index contributed by atoms with van der Waals surface area (Å²) in [5.41, 5.74) is 8.15. The van der Waals surface area contributed by atoms with Crippen LogP contribution in [0.25, 0.3) is 0 Å². The summed E-state index contributed by atoms with van der Waals surface area (Å²) in [6.45, 7) is 7.95. The molecule has 1 aromatic carbocycles. The standard InChI is InChI=1S/C19H31N3O2.HI/c1-5-6-11-24-17-12-16(19(17,2)3)22-18(20)21-15-10-8-7-9-14(15)13-23-4;/h7-10,16-17H,5-6,11-13H2,1-4H3,(H3,20,21,22);1H. The molecule has 1 fully saturated rings. The first kappa shape index (κ1) is 22.2. The third-order valence-corrected chi connectivity index (χ3v) is 4.82. The largest absolute Gasteiger partial charge is 0.380 e. The normalized spacial score (nSPS) is 22.0. The molecule has 5 nitrogen and oxygen atoms in total. The molecule has 25 heavy (non-hydrogen) atoms. The van der Waals surface area contributed by atoms with Gasteiger partial charge in [0.2, 0.25) is 0 Å². The molecule has 0 aromatic heterocycles. The molecule has 0 heterocycles. The number of ether oxygens (including phenoxy) is 2. The van der Waals surface area contributed by atoms with E-state index in [4.69, 9.17) is 15.2 Å². The predicted molar refractivity (Wildman–Crippen MR) is 115 cm³/mol. The fraction of sp³-hybridized carbons (Fsp3) is 0.632. The lowest BCUT2D eigenvalue weighted by molar-refractivity contribution is -0.107. The van der Waals surface area contributed by atoms with Crippen LogP contribution in [0.1, 0.15) is 45.6 Å². The Hall–Kier alpha value is -0.860. The summed E-state index contributed by atoms with van der Waals surface area (Å²) in [5, 5.41) is 3.21. The molecule has 1 aliphatic carbocycles. The zero-order valence-electron chi connectivity index (χ0n) is 15.7. The number of nitrogens with one attached hydrogen (secondary N) is 1. The topological polar surface area (TPSA) is 68.9 Å². The molecular formula is C19H32IN3O2. The first-order chi connectivity index (χ1) is 11.5. The summed E-state index contributed by atoms with van der Waals surface area (Å²) in [6, 6.07) is 8.15. The first-order valence-electron chi connectivity index (χ1n) is 8.77. The Kier molecular flexibility index (Phi) is 9.16. The van der Waals surface area contributed by atoms with E-state index in [1.807, 2.05) is 24.3 Å². The van der Waals surface area contributed by atoms with E-state index in [-0.39, 0.29) is 41.5 Å². The average molecular weight is 461 g/mol. The van der Waals surface area contributed by atoms with Crippen molar-refractivity contribution in [3.63, 3.8) is 0 Å². The minimum Gasteiger partial charge on any atom is -0.380 e. The van der Waals surface area contributed by atoms with E-state index in [0.29, 0.717) is 12.6 Å². The molecule has 1 aromatic rings. The molecule has 0 saturated heterocycles. The number of rotatable bonds is 8. The summed E-state index contributed by atoms with van der Waals surface area (Å²) in [4.78, 5) is 4.67. The van der Waals surface area contributed by atoms with Gasteiger partial charge in [0.1, 0.15) is 0 Å². The fourth-order valence-corrected chi connectivity index (χ4v) is 3.00. The highest BCUT2D eigenvalue weighted by Gasteiger charge is 2.49. The molecule has 1 aliphatic rings. The lowest BCUT2D eigenvalue weighted by atomic mass is 9.65. The van der Waals surface area contributed by atoms with E-state index in [0.717, 1.165) is 37.1 Å². The number of methoxy groups -OCH3 is 1. The fourth-order valence-electron chi connectivity index (χ4n) is 3.00. The molecule has 3 N–H and O–H groups in total. The Balaban J connectivity index is 0.00000312. The SMILES string of the molecule is CCCCOC1CC(N=C(N)Nc2ccccc2COC)C1(C)C.I. The average Bonchev–Trinajstić information content (AvgIpc) is 2.55. The summed E-state index contributed by atoms with van der Waals surface area (Å²) >= 11 is 0. The summed E-state index contributed by atoms with van der Waals surface area (Å²) in [5.74, 6) is 0.448. The van der Waals surface area contributed by atoms with Gasteiger partial charge in [-0.1, -0.05) is 45.4 Å². The van der Waals surface area contributed by atoms with Gasteiger partial charge in [0.15, 0.2) is 5.96 Å². The van der Waals surface area contributed by atoms with Crippen molar-refractivity contribution in [3.8, 4) is 0 Å². The van der Waals surface area contributed by atoms with Gasteiger partial charge in [0.05, 0.1) is 18.8 Å². The third-order valence-electron chi connectivity index (χ3n) is 4.82. The van der Waals surface area contributed by atoms with Crippen LogP contribution in [0.4, 0.5) is 5.69 Å². The van der Waals surface area contributed by atoms with E-state index in [9.17, 15) is 0 Å². The van der Waals surface area contributed by atoms with Crippen LogP contribution in [-0.4, -0.2) is 31.8 Å². The zero-order chi connectivity index (χ0) is 17.6. The molecule has 0 spiro atoms. The van der Waals surface area contributed by atoms with Gasteiger partial charge in [-0.15, -0.1) is 24.0 Å². The minimum atomic E-state index is 0. The maximum Gasteiger partial charge on any atom is 0.193 e. The smallest absolute Gasteiger partial charge is 0.193 e. The van der Waals surface area contributed by atoms with Crippen LogP contribution < -0.4 is 11.1 Å². The van der Waals surface area contributed by atoms with Gasteiger partial charge in [-0.3, -0.25) is 0 Å². The Labute approximate surface area is 168 Å². The van der Waals surface area contributed by atoms with E-state index in [2.05, 4.69) is 31.1 Å². The molecule has 2 unspecified atom stereocenters. The van der Waals surface area contributed by atoms with Gasteiger partial charge in [-0.05, 0) is 18.9 Å². The van der Waals surface area contributed by atoms with Gasteiger partial charge in [-0.25, -0.2) is 4.99 Å². The van der Waals surface area contributed by atoms with Gasteiger partial charge < -0.3 is 20.5 Å². The van der Waals surface area contributed by atoms with Crippen LogP contribution in [0.2, 0.25) is 0 Å². The highest BCUT2D eigenvalue weighted by atomic mass is 127. The van der Waals surface area contributed by atoms with E-state index >= 15 is 0 Å². The van der Waals surface area contributed by atoms with E-state index < -0.39 is 0 Å². The number of nitrogens with two attached hydrogens (primary N) is 1. The second-order valence-electron chi connectivity index (χ2n) is 7.02. The number of hydrogen-bond acceptors (Lipinski definition) is 3. The van der Waals surface area contributed by atoms with Crippen LogP contribution in [-0.2, 0) is 16.1 Å². The quantitative estimate of drug-likeness (QED) is 0.264. The van der Waals surface area contributed by atoms with Crippen LogP contribution >= 0.6 is 24.0 Å². The molecular weight excluding hydrogens is 429 g/mol. The number of hydrogen-bond donors (Lipinski definition) is 2. The Morgan fingerprint density at radius 1 is 1.36 bits per heavy atom. The second-order valence-corrected chi connectivity index (χ2v) is 7.02. The Morgan fingerprint density at radius 3 is 2.72 bits per heavy atom. The van der Waals surface area contributed by atoms with Crippen molar-refractivity contribution in [2.75, 3.05) is 19.0 Å². The van der Waals surface area contributed by atoms with Gasteiger partial charge in [0, 0.05) is 30.4 Å². The van der Waals surface area contributed by atoms with Crippen molar-refractivity contribution in [2.24, 2.45) is 16.1 Å². The molecule has 2 rings (SSSR count). The van der Waals surface area contributed by atoms with Crippen LogP contribution in [0.15, 0.2) is 29.3 Å². The number of aliphatic imine (C=N–C) groups is 1. The number of para-hydroxylation sites is 1. The predicted octanol–water partition coefficient (Wildman–Crippen LogP) is 4.16. The van der Waals surface area contributed by atoms with Gasteiger partial charge in [0.25, 0.3) is 0 Å². The van der Waals surface area contributed by atoms with Crippen molar-refractivity contribution >= 4 is 35.6 Å². The Bertz CT molecular complexity index is 563. The van der Waals surface area contributed by atoms with Crippen LogP contribution in [0.3, 0.4) is 0 Å². The highest BCUT2D eigenvalue weighted by Crippen LogP contribution is 2.45. The number of unbranched alkanes of at least 4 members (excludes halogenated alkanes) is 1. The minimum absolute atomic E-state index is 0. The molecule has 0 bridgehead atoms. The molecule has 0 amide bonds. The Morgan fingerprint density at radius 2 is 2.08 bits per heavy atom. The maximum absolute atomic E-state index is 6.13. The van der Waals surface area contributed by atoms with E-state index in [1.165, 1.54) is 0 Å². The lowest BCUT2D eigenvalue weighted by Crippen LogP contribution is -2.54. The molecule has 0 aliphatic heterocycles. The summed E-state index contributed by atoms with van der Waals surface area (Å²) in [6.07, 6.45) is 3.47. The van der Waals surface area contributed by atoms with Gasteiger partial charge in [-0.2, -0.15) is 0 Å². The van der Waals surface area contributed by atoms with Gasteiger partial charge >= 0.3 is 0 Å². The lowest BCUT2D eigenvalue weighted by Gasteiger charge is -2.49. The third kappa shape index (κ3) is 5.82. The number of guanidine groups is 1. The number of halogens is 1. The molecule has 1 saturated carbocycles. The van der Waals surface area contributed by atoms with E-state index in [1.54, 1.807) is 7.11 Å². The van der Waals surface area contributed by atoms with Crippen molar-refractivity contribution < 1.29 is 9.47 Å². The number of anilines is 1. The monoisotopic (exact) mass is 461 g/mol. The summed E-state index contributed by atoms with van der Waals surface area (Å²) < 4.78 is 11.2. The van der Waals surface area contributed by atoms with Crippen molar-refractivity contribution in [1.82, 2.24) is 0 Å². The molecule has 6 heteroatoms. The van der Waals surface area contributed by atoms with Crippen molar-refractivity contribution in [1.29, 1.82) is 0 Å². The van der Waals surface area contributed by atoms with Crippen molar-refractivity contribution in [2.45, 2.75) is 58.8 Å². The van der Waals surface area contributed by atoms with Crippen LogP contribution in [0.5, 0.6) is 0 Å². The van der Waals surface area contributed by atoms with Crippen LogP contribution in [0, 0.1) is 5.41 Å².